The van der Waals surface area contributed by atoms with Gasteiger partial charge in [-0.15, -0.1) is 5.21 Å². The predicted molar refractivity (Wildman–Crippen MR) is 18.2 cm³/mol. The van der Waals surface area contributed by atoms with Gasteiger partial charge in [-0.05, 0) is 0 Å². The van der Waals surface area contributed by atoms with E-state index >= 15 is 0 Å². The molecular formula is C2H6NO3. The molecular weight excluding hydrogens is 86.0 g/mol. The molecule has 3 N–H and O–H groups in total. The van der Waals surface area contributed by atoms with E-state index in [4.69, 9.17) is 15.1 Å². The number of hydrogen-bond acceptors (Lipinski definition) is 2. The summed E-state index contributed by atoms with van der Waals surface area (Å²) in [5, 5.41) is 15.2. The van der Waals surface area contributed by atoms with Crippen LogP contribution in [0.4, 0.5) is 0 Å². The van der Waals surface area contributed by atoms with Crippen LogP contribution < -0.4 is 5.90 Å². The van der Waals surface area contributed by atoms with Crippen LogP contribution >= 0.6 is 0 Å². The van der Waals surface area contributed by atoms with E-state index in [1.165, 1.54) is 0 Å². The van der Waals surface area contributed by atoms with Gasteiger partial charge in [-0.25, -0.2) is 0 Å². The van der Waals surface area contributed by atoms with Gasteiger partial charge in [0.05, 0.1) is 0 Å². The van der Waals surface area contributed by atoms with E-state index in [0.717, 1.165) is 6.92 Å². The highest BCUT2D eigenvalue weighted by Gasteiger charge is 1.65. The lowest BCUT2D eigenvalue weighted by Crippen LogP contribution is -1.78. The molecule has 6 heavy (non-hydrogen) atoms. The van der Waals surface area contributed by atoms with Crippen molar-refractivity contribution in [1.29, 1.82) is 0 Å². The summed E-state index contributed by atoms with van der Waals surface area (Å²) in [6.45, 7) is 1.08. The molecule has 37 valence electrons. The Kier molecular flexibility index (Phi) is 13.3. The van der Waals surface area contributed by atoms with Crippen LogP contribution in [0.15, 0.2) is 0 Å². The summed E-state index contributed by atoms with van der Waals surface area (Å²) in [6.07, 6.45) is 0. The molecule has 0 rings (SSSR count). The molecule has 4 nitrogen and oxygen atoms in total. The number of carbonyl (C=O) groups is 1. The maximum absolute atomic E-state index is 9.00. The van der Waals surface area contributed by atoms with Crippen molar-refractivity contribution in [2.24, 2.45) is 5.90 Å². The van der Waals surface area contributed by atoms with Crippen LogP contribution in [-0.2, 0) is 10.0 Å². The second kappa shape index (κ2) is 8.83. The van der Waals surface area contributed by atoms with Gasteiger partial charge in [0.25, 0.3) is 5.97 Å². The molecule has 0 aromatic carbocycles. The van der Waals surface area contributed by atoms with Crippen molar-refractivity contribution in [3.63, 3.8) is 0 Å². The van der Waals surface area contributed by atoms with Crippen LogP contribution in [0.1, 0.15) is 6.92 Å². The zero-order valence-corrected chi connectivity index (χ0v) is 3.34. The Balaban J connectivity index is 0. The summed E-state index contributed by atoms with van der Waals surface area (Å²) in [4.78, 5) is 9.00. The van der Waals surface area contributed by atoms with Crippen LogP contribution in [-0.4, -0.2) is 11.1 Å². The van der Waals surface area contributed by atoms with Crippen molar-refractivity contribution in [2.45, 2.75) is 6.92 Å². The number of carboxylic acid groups (broad SMARTS) is 1. The highest BCUT2D eigenvalue weighted by molar-refractivity contribution is 5.62. The largest absolute Gasteiger partial charge is 0.481 e. The monoisotopic (exact) mass is 92.0 g/mol. The summed E-state index contributed by atoms with van der Waals surface area (Å²) >= 11 is 0. The molecule has 1 radical (unpaired) electrons. The molecule has 0 heterocycles. The lowest BCUT2D eigenvalue weighted by Gasteiger charge is -1.59. The third-order valence-electron chi connectivity index (χ3n) is 0. The van der Waals surface area contributed by atoms with E-state index < -0.39 is 5.97 Å². The van der Waals surface area contributed by atoms with Crippen LogP contribution in [0.2, 0.25) is 0 Å². The fourth-order valence-corrected chi connectivity index (χ4v) is 0. The summed E-state index contributed by atoms with van der Waals surface area (Å²) in [6, 6.07) is 0. The van der Waals surface area contributed by atoms with Gasteiger partial charge >= 0.3 is 0 Å². The van der Waals surface area contributed by atoms with Gasteiger partial charge in [-0.2, -0.15) is 5.90 Å². The molecule has 0 fully saturated rings. The lowest BCUT2D eigenvalue weighted by atomic mass is 10.9. The van der Waals surface area contributed by atoms with Gasteiger partial charge < -0.3 is 5.11 Å². The molecule has 0 aromatic rings. The summed E-state index contributed by atoms with van der Waals surface area (Å²) in [5.41, 5.74) is 0. The van der Waals surface area contributed by atoms with E-state index in [-0.39, 0.29) is 0 Å². The van der Waals surface area contributed by atoms with Gasteiger partial charge in [0.1, 0.15) is 0 Å². The van der Waals surface area contributed by atoms with Crippen molar-refractivity contribution in [2.75, 3.05) is 0 Å². The topological polar surface area (TPSA) is 83.2 Å². The first-order valence-corrected chi connectivity index (χ1v) is 1.16. The van der Waals surface area contributed by atoms with Gasteiger partial charge in [0, 0.05) is 6.92 Å². The Morgan fingerprint density at radius 2 is 1.67 bits per heavy atom. The second-order valence-corrected chi connectivity index (χ2v) is 0.519. The summed E-state index contributed by atoms with van der Waals surface area (Å²) in [5.74, 6) is 2.42. The molecule has 0 aromatic heterocycles. The minimum Gasteiger partial charge on any atom is -0.481 e. The van der Waals surface area contributed by atoms with Crippen LogP contribution in [0.3, 0.4) is 0 Å². The number of carboxylic acids is 1. The first kappa shape index (κ1) is 9.04. The zero-order chi connectivity index (χ0) is 5.58. The quantitative estimate of drug-likeness (QED) is 0.390. The van der Waals surface area contributed by atoms with E-state index in [2.05, 4.69) is 5.90 Å². The number of rotatable bonds is 0. The van der Waals surface area contributed by atoms with Crippen molar-refractivity contribution in [1.82, 2.24) is 0 Å². The zero-order valence-electron chi connectivity index (χ0n) is 3.34. The molecule has 0 spiro atoms. The standard InChI is InChI=1S/C2H4O2.H2NO/c1-2(3)4;1-2/h1H3,(H,3,4);1H2. The molecule has 0 aliphatic rings. The minimum absolute atomic E-state index is 0.833. The van der Waals surface area contributed by atoms with Gasteiger partial charge in [0.15, 0.2) is 0 Å². The highest BCUT2D eigenvalue weighted by atomic mass is 16.4. The SMILES string of the molecule is CC(=O)O.N[O]. The third kappa shape index (κ3) is 52.0. The van der Waals surface area contributed by atoms with Crippen LogP contribution in [0.5, 0.6) is 0 Å². The molecule has 0 aliphatic heterocycles. The third-order valence-corrected chi connectivity index (χ3v) is 0. The van der Waals surface area contributed by atoms with Crippen LogP contribution in [0, 0.1) is 0 Å². The molecule has 0 amide bonds. The highest BCUT2D eigenvalue weighted by Crippen LogP contribution is 1.42. The Labute approximate surface area is 35.2 Å². The Morgan fingerprint density at radius 3 is 1.67 bits per heavy atom. The van der Waals surface area contributed by atoms with Crippen molar-refractivity contribution < 1.29 is 15.1 Å². The Hall–Kier alpha value is -0.610. The molecule has 0 saturated carbocycles. The van der Waals surface area contributed by atoms with Crippen LogP contribution in [0.25, 0.3) is 0 Å². The normalized spacial score (nSPS) is 5.17. The number of hydrogen-bond donors (Lipinski definition) is 2. The summed E-state index contributed by atoms with van der Waals surface area (Å²) in [7, 11) is 0. The van der Waals surface area contributed by atoms with E-state index in [1.807, 2.05) is 0 Å². The maximum Gasteiger partial charge on any atom is 0.300 e. The molecule has 0 aliphatic carbocycles. The summed E-state index contributed by atoms with van der Waals surface area (Å²) < 4.78 is 0. The van der Waals surface area contributed by atoms with E-state index in [9.17, 15) is 0 Å². The molecule has 0 atom stereocenters. The molecule has 0 saturated heterocycles. The average molecular weight is 92.1 g/mol. The first-order valence-electron chi connectivity index (χ1n) is 1.16. The lowest BCUT2D eigenvalue weighted by molar-refractivity contribution is -0.134. The van der Waals surface area contributed by atoms with Gasteiger partial charge in [0.2, 0.25) is 0 Å². The maximum atomic E-state index is 9.00. The van der Waals surface area contributed by atoms with Crippen molar-refractivity contribution in [3.05, 3.63) is 0 Å². The van der Waals surface area contributed by atoms with Gasteiger partial charge in [-0.1, -0.05) is 0 Å². The second-order valence-electron chi connectivity index (χ2n) is 0.519. The van der Waals surface area contributed by atoms with E-state index in [0.29, 0.717) is 0 Å². The molecule has 4 heteroatoms. The number of aliphatic carboxylic acids is 1. The first-order chi connectivity index (χ1) is 2.73. The van der Waals surface area contributed by atoms with Gasteiger partial charge in [-0.3, -0.25) is 4.79 Å². The Bertz CT molecular complexity index is 31.8. The molecule has 0 unspecified atom stereocenters. The minimum atomic E-state index is -0.833. The Morgan fingerprint density at radius 1 is 1.67 bits per heavy atom. The smallest absolute Gasteiger partial charge is 0.300 e. The predicted octanol–water partition coefficient (Wildman–Crippen LogP) is -0.619. The number of nitrogens with two attached hydrogens (primary N) is 1. The fourth-order valence-electron chi connectivity index (χ4n) is 0. The fraction of sp³-hybridized carbons (Fsp3) is 0.500. The van der Waals surface area contributed by atoms with E-state index in [1.54, 1.807) is 0 Å². The van der Waals surface area contributed by atoms with Crippen molar-refractivity contribution in [3.8, 4) is 0 Å². The average Bonchev–Trinajstić information content (AvgIpc) is 1.41. The molecule has 0 bridgehead atoms. The van der Waals surface area contributed by atoms with Crippen molar-refractivity contribution >= 4 is 5.97 Å².